The van der Waals surface area contributed by atoms with Gasteiger partial charge in [0.05, 0.1) is 55.4 Å². The molecule has 2 saturated heterocycles. The minimum absolute atomic E-state index is 0.123. The number of hydrogen-bond acceptors (Lipinski definition) is 14. The Balaban J connectivity index is 1.07. The Morgan fingerprint density at radius 3 is 0.730 bits per heavy atom. The van der Waals surface area contributed by atoms with Crippen molar-refractivity contribution in [2.24, 2.45) is 5.73 Å². The van der Waals surface area contributed by atoms with Crippen molar-refractivity contribution < 1.29 is 53.6 Å². The van der Waals surface area contributed by atoms with Crippen LogP contribution in [0.5, 0.6) is 0 Å². The number of nitrogens with one attached hydrogen (secondary N) is 1. The number of carbonyl (C=O) groups excluding carboxylic acids is 9. The Morgan fingerprint density at radius 2 is 0.504 bits per heavy atom. The van der Waals surface area contributed by atoms with E-state index in [1.54, 1.807) is 34.6 Å². The molecule has 7 aromatic rings. The second-order valence-electron chi connectivity index (χ2n) is 33.7. The lowest BCUT2D eigenvalue weighted by Gasteiger charge is -2.53. The highest BCUT2D eigenvalue weighted by Crippen LogP contribution is 2.41. The summed E-state index contributed by atoms with van der Waals surface area (Å²) in [4.78, 5) is 151. The van der Waals surface area contributed by atoms with Crippen molar-refractivity contribution in [3.8, 4) is 0 Å². The van der Waals surface area contributed by atoms with E-state index in [1.807, 2.05) is 282 Å². The predicted octanol–water partition coefficient (Wildman–Crippen LogP) is 12.8. The molecular formula is C92H120N12O11. The summed E-state index contributed by atoms with van der Waals surface area (Å²) < 4.78 is 0. The van der Waals surface area contributed by atoms with Crippen LogP contribution in [0.15, 0.2) is 212 Å². The van der Waals surface area contributed by atoms with Crippen molar-refractivity contribution in [3.63, 3.8) is 0 Å². The molecule has 0 radical (unpaired) electrons. The van der Waals surface area contributed by atoms with Gasteiger partial charge in [0, 0.05) is 34.2 Å². The highest BCUT2D eigenvalue weighted by atomic mass is 16.5. The summed E-state index contributed by atoms with van der Waals surface area (Å²) in [7, 11) is 0. The minimum Gasteiger partial charge on any atom is -0.368 e. The van der Waals surface area contributed by atoms with Gasteiger partial charge in [0.1, 0.15) is 45.8 Å². The first kappa shape index (κ1) is 88.5. The Bertz CT molecular complexity index is 4370. The summed E-state index contributed by atoms with van der Waals surface area (Å²) in [6.07, 6.45) is 1.49. The van der Waals surface area contributed by atoms with Crippen LogP contribution < -0.4 is 11.1 Å². The maximum atomic E-state index is 16.2. The SMILES string of the molecule is CC(c1ccccc1)N(CC(N)=O)C(=O)CN(C(=O)CN(C(=O)CN(C(=O)CN(C(=O)CN(C(=O)CN(C(=O)CN(C(=O)CNC1CC(C)(C)N(O)C(C)(C)C1)[C@H](C)c1ccccc1)C(C)c1ccccc1)[C@H](C)c1ccccc1)C(C)c1ccccc1)[C@H](C)c1ccccc1)C(C)c1ccccc1)C1CC(C)(C)N(O)C(C)(C)C1. The first-order valence-electron chi connectivity index (χ1n) is 40.1. The van der Waals surface area contributed by atoms with Gasteiger partial charge in [-0.2, -0.15) is 10.1 Å². The molecule has 9 amide bonds. The summed E-state index contributed by atoms with van der Waals surface area (Å²) in [6, 6.07) is 58.2. The van der Waals surface area contributed by atoms with Gasteiger partial charge >= 0.3 is 0 Å². The lowest BCUT2D eigenvalue weighted by Crippen LogP contribution is -2.65. The first-order valence-corrected chi connectivity index (χ1v) is 40.1. The molecule has 23 heteroatoms. The first-order chi connectivity index (χ1) is 54.4. The molecule has 2 aliphatic rings. The van der Waals surface area contributed by atoms with Gasteiger partial charge in [-0.15, -0.1) is 0 Å². The van der Waals surface area contributed by atoms with Crippen LogP contribution in [-0.2, 0) is 43.2 Å². The summed E-state index contributed by atoms with van der Waals surface area (Å²) in [5.74, 6) is -5.41. The third-order valence-electron chi connectivity index (χ3n) is 23.5. The number of piperidine rings is 2. The second-order valence-corrected chi connectivity index (χ2v) is 33.7. The maximum Gasteiger partial charge on any atom is 0.243 e. The third-order valence-corrected chi connectivity index (χ3v) is 23.5. The largest absolute Gasteiger partial charge is 0.368 e. The molecule has 23 nitrogen and oxygen atoms in total. The van der Waals surface area contributed by atoms with Crippen molar-refractivity contribution in [1.29, 1.82) is 0 Å². The van der Waals surface area contributed by atoms with Crippen LogP contribution in [-0.4, -0.2) is 206 Å². The summed E-state index contributed by atoms with van der Waals surface area (Å²) in [5.41, 5.74) is 7.63. The zero-order valence-corrected chi connectivity index (χ0v) is 69.7. The Morgan fingerprint density at radius 1 is 0.313 bits per heavy atom. The molecule has 4 unspecified atom stereocenters. The molecule has 0 aliphatic carbocycles. The summed E-state index contributed by atoms with van der Waals surface area (Å²) in [6.45, 7) is 23.3. The van der Waals surface area contributed by atoms with E-state index >= 15 is 33.6 Å². The van der Waals surface area contributed by atoms with Crippen molar-refractivity contribution in [2.75, 3.05) is 58.9 Å². The number of hydrogen-bond donors (Lipinski definition) is 4. The number of nitrogens with zero attached hydrogens (tertiary/aromatic N) is 10. The monoisotopic (exact) mass is 1570 g/mol. The molecule has 2 heterocycles. The standard InChI is InChI=1S/C92H120N12O11/c1-64(71-37-23-16-24-38-71)95(56-80(93)105)87(112)63-102(79-53-91(12,13)104(115)92(14,15)54-79)88(113)62-101(70(7)77-49-35-22-36-50-77)86(111)61-100(69(6)76-47-33-21-34-48-76)85(110)60-99(68(5)75-45-31-20-32-46-75)84(109)59-98(67(4)74-43-29-19-30-44-74)83(108)58-97(66(3)73-41-27-18-28-42-73)82(107)57-96(65(2)72-39-25-17-26-40-72)81(106)55-94-78-51-89(8,9)103(114)90(10,11)52-78/h16-50,64-70,78-79,94,114-115H,51-63H2,1-15H3,(H2,93,105)/t64?,65-,66?,67-,68?,69-,70?/m1/s1. The zero-order chi connectivity index (χ0) is 83.9. The fourth-order valence-corrected chi connectivity index (χ4v) is 16.9. The van der Waals surface area contributed by atoms with Crippen LogP contribution in [0, 0.1) is 0 Å². The molecule has 2 fully saturated rings. The quantitative estimate of drug-likeness (QED) is 0.0292. The van der Waals surface area contributed by atoms with Crippen molar-refractivity contribution in [2.45, 2.75) is 206 Å². The molecule has 0 aromatic heterocycles. The van der Waals surface area contributed by atoms with Gasteiger partial charge in [-0.1, -0.05) is 212 Å². The molecule has 0 saturated carbocycles. The van der Waals surface area contributed by atoms with Crippen LogP contribution in [0.3, 0.4) is 0 Å². The summed E-state index contributed by atoms with van der Waals surface area (Å²) in [5, 5.41) is 28.9. The van der Waals surface area contributed by atoms with Gasteiger partial charge in [0.2, 0.25) is 53.2 Å². The number of benzene rings is 7. The number of carbonyl (C=O) groups is 9. The molecule has 9 rings (SSSR count). The molecule has 614 valence electrons. The van der Waals surface area contributed by atoms with Gasteiger partial charge in [-0.05, 0) is 168 Å². The van der Waals surface area contributed by atoms with Crippen LogP contribution >= 0.6 is 0 Å². The number of amides is 9. The molecular weight excluding hydrogens is 1450 g/mol. The van der Waals surface area contributed by atoms with E-state index in [1.165, 1.54) is 49.3 Å². The van der Waals surface area contributed by atoms with Crippen molar-refractivity contribution >= 4 is 53.2 Å². The van der Waals surface area contributed by atoms with Crippen molar-refractivity contribution in [3.05, 3.63) is 251 Å². The molecule has 115 heavy (non-hydrogen) atoms. The second kappa shape index (κ2) is 38.8. The molecule has 7 atom stereocenters. The van der Waals surface area contributed by atoms with Crippen LogP contribution in [0.4, 0.5) is 0 Å². The smallest absolute Gasteiger partial charge is 0.243 e. The van der Waals surface area contributed by atoms with Crippen molar-refractivity contribution in [1.82, 2.24) is 54.6 Å². The fourth-order valence-electron chi connectivity index (χ4n) is 16.9. The van der Waals surface area contributed by atoms with E-state index in [0.717, 1.165) is 11.1 Å². The van der Waals surface area contributed by atoms with E-state index < -0.39 is 170 Å². The van der Waals surface area contributed by atoms with E-state index in [9.17, 15) is 20.0 Å². The minimum atomic E-state index is -0.922. The van der Waals surface area contributed by atoms with Gasteiger partial charge in [0.25, 0.3) is 0 Å². The average Bonchev–Trinajstić information content (AvgIpc) is 0.748. The van der Waals surface area contributed by atoms with Gasteiger partial charge in [0.15, 0.2) is 0 Å². The lowest BCUT2D eigenvalue weighted by molar-refractivity contribution is -0.251. The third kappa shape index (κ3) is 22.4. The highest BCUT2D eigenvalue weighted by Gasteiger charge is 2.50. The number of hydroxylamine groups is 4. The lowest BCUT2D eigenvalue weighted by atomic mass is 9.78. The van der Waals surface area contributed by atoms with E-state index in [-0.39, 0.29) is 31.3 Å². The Labute approximate surface area is 679 Å². The van der Waals surface area contributed by atoms with Gasteiger partial charge in [-0.25, -0.2) is 0 Å². The van der Waals surface area contributed by atoms with Crippen LogP contribution in [0.2, 0.25) is 0 Å². The number of primary amides is 1. The van der Waals surface area contributed by atoms with Crippen LogP contribution in [0.25, 0.3) is 0 Å². The van der Waals surface area contributed by atoms with E-state index in [4.69, 9.17) is 5.73 Å². The highest BCUT2D eigenvalue weighted by molar-refractivity contribution is 5.95. The van der Waals surface area contributed by atoms with E-state index in [0.29, 0.717) is 40.7 Å². The van der Waals surface area contributed by atoms with Gasteiger partial charge in [-0.3, -0.25) is 43.2 Å². The Kier molecular flexibility index (Phi) is 29.9. The Hall–Kier alpha value is -10.4. The molecule has 0 spiro atoms. The number of rotatable bonds is 34. The predicted molar refractivity (Wildman–Crippen MR) is 445 cm³/mol. The topological polar surface area (TPSA) is 265 Å². The van der Waals surface area contributed by atoms with E-state index in [2.05, 4.69) is 5.32 Å². The molecule has 0 bridgehead atoms. The maximum absolute atomic E-state index is 16.2. The van der Waals surface area contributed by atoms with Crippen LogP contribution in [0.1, 0.15) is 211 Å². The molecule has 2 aliphatic heterocycles. The normalized spacial score (nSPS) is 17.2. The molecule has 7 aromatic carbocycles. The average molecular weight is 1570 g/mol. The van der Waals surface area contributed by atoms with Gasteiger partial charge < -0.3 is 60.7 Å². The molecule has 5 N–H and O–H groups in total. The zero-order valence-electron chi connectivity index (χ0n) is 69.7. The number of nitrogens with two attached hydrogens (primary N) is 1. The fraction of sp³-hybridized carbons (Fsp3) is 0.446. The summed E-state index contributed by atoms with van der Waals surface area (Å²) >= 11 is 0.